The van der Waals surface area contributed by atoms with Crippen LogP contribution in [0.25, 0.3) is 0 Å². The van der Waals surface area contributed by atoms with Gasteiger partial charge in [-0.3, -0.25) is 9.59 Å². The molecule has 0 radical (unpaired) electrons. The van der Waals surface area contributed by atoms with Crippen LogP contribution >= 0.6 is 0 Å². The van der Waals surface area contributed by atoms with Crippen LogP contribution in [0.2, 0.25) is 0 Å². The van der Waals surface area contributed by atoms with Crippen molar-refractivity contribution in [3.63, 3.8) is 0 Å². The molecule has 0 saturated carbocycles. The second-order valence-electron chi connectivity index (χ2n) is 7.33. The van der Waals surface area contributed by atoms with Gasteiger partial charge in [0.2, 0.25) is 15.9 Å². The van der Waals surface area contributed by atoms with Gasteiger partial charge in [0.15, 0.2) is 0 Å². The third-order valence-electron chi connectivity index (χ3n) is 5.41. The summed E-state index contributed by atoms with van der Waals surface area (Å²) in [5.41, 5.74) is 1.47. The van der Waals surface area contributed by atoms with Crippen LogP contribution in [0.4, 0.5) is 5.69 Å². The molecule has 0 aromatic heterocycles. The number of sulfonamides is 1. The van der Waals surface area contributed by atoms with E-state index in [0.29, 0.717) is 18.7 Å². The molecule has 2 aliphatic heterocycles. The molecule has 0 atom stereocenters. The van der Waals surface area contributed by atoms with Crippen LogP contribution in [-0.2, 0) is 14.8 Å². The van der Waals surface area contributed by atoms with Gasteiger partial charge in [-0.15, -0.1) is 0 Å². The molecule has 2 fully saturated rings. The Balaban J connectivity index is 1.46. The first-order valence-corrected chi connectivity index (χ1v) is 11.4. The minimum Gasteiger partial charge on any atom is -0.368 e. The molecular formula is C21H24N4O4S. The lowest BCUT2D eigenvalue weighted by Gasteiger charge is -2.36. The van der Waals surface area contributed by atoms with E-state index < -0.39 is 10.0 Å². The molecule has 9 heteroatoms. The van der Waals surface area contributed by atoms with Gasteiger partial charge in [0.1, 0.15) is 0 Å². The Bertz CT molecular complexity index is 1030. The topological polar surface area (TPSA) is 90.0 Å². The van der Waals surface area contributed by atoms with E-state index in [4.69, 9.17) is 0 Å². The van der Waals surface area contributed by atoms with Crippen LogP contribution in [0.3, 0.4) is 0 Å². The van der Waals surface area contributed by atoms with Gasteiger partial charge in [0, 0.05) is 50.5 Å². The summed E-state index contributed by atoms with van der Waals surface area (Å²) in [4.78, 5) is 28.6. The maximum atomic E-state index is 13.0. The fourth-order valence-corrected chi connectivity index (χ4v) is 5.19. The van der Waals surface area contributed by atoms with Crippen LogP contribution in [0.15, 0.2) is 59.5 Å². The number of nitrogens with one attached hydrogen (secondary N) is 1. The van der Waals surface area contributed by atoms with Gasteiger partial charge in [-0.1, -0.05) is 24.3 Å². The first-order valence-electron chi connectivity index (χ1n) is 9.91. The Hall–Kier alpha value is -2.91. The number of benzene rings is 2. The van der Waals surface area contributed by atoms with E-state index in [9.17, 15) is 18.0 Å². The summed E-state index contributed by atoms with van der Waals surface area (Å²) < 4.78 is 26.9. The maximum Gasteiger partial charge on any atom is 0.254 e. The third kappa shape index (κ3) is 4.17. The maximum absolute atomic E-state index is 13.0. The van der Waals surface area contributed by atoms with Crippen molar-refractivity contribution in [1.29, 1.82) is 0 Å². The molecule has 2 amide bonds. The fourth-order valence-electron chi connectivity index (χ4n) is 3.75. The van der Waals surface area contributed by atoms with Crippen molar-refractivity contribution in [2.45, 2.75) is 4.90 Å². The zero-order valence-electron chi connectivity index (χ0n) is 16.5. The SMILES string of the molecule is O=C1CN(S(=O)(=O)c2cccc(C(=O)N3CCN(c4ccccc4)CC3)c2)CCN1. The van der Waals surface area contributed by atoms with Crippen LogP contribution in [0.5, 0.6) is 0 Å². The fraction of sp³-hybridized carbons (Fsp3) is 0.333. The minimum atomic E-state index is -3.83. The highest BCUT2D eigenvalue weighted by Gasteiger charge is 2.30. The molecule has 30 heavy (non-hydrogen) atoms. The van der Waals surface area contributed by atoms with E-state index in [-0.39, 0.29) is 36.3 Å². The molecule has 158 valence electrons. The van der Waals surface area contributed by atoms with Crippen molar-refractivity contribution in [2.24, 2.45) is 0 Å². The van der Waals surface area contributed by atoms with Gasteiger partial charge in [0.05, 0.1) is 11.4 Å². The zero-order chi connectivity index (χ0) is 21.1. The summed E-state index contributed by atoms with van der Waals surface area (Å²) in [6.07, 6.45) is 0. The molecule has 2 saturated heterocycles. The molecule has 0 spiro atoms. The number of hydrogen-bond acceptors (Lipinski definition) is 5. The number of nitrogens with zero attached hydrogens (tertiary/aromatic N) is 3. The summed E-state index contributed by atoms with van der Waals surface area (Å²) in [6.45, 7) is 2.86. The van der Waals surface area contributed by atoms with Crippen LogP contribution < -0.4 is 10.2 Å². The molecule has 2 aromatic carbocycles. The molecule has 0 unspecified atom stereocenters. The molecule has 1 N–H and O–H groups in total. The molecule has 2 aromatic rings. The molecular weight excluding hydrogens is 404 g/mol. The predicted molar refractivity (Wildman–Crippen MR) is 113 cm³/mol. The second kappa shape index (κ2) is 8.45. The van der Waals surface area contributed by atoms with Gasteiger partial charge in [-0.05, 0) is 30.3 Å². The van der Waals surface area contributed by atoms with Gasteiger partial charge in [-0.2, -0.15) is 4.31 Å². The minimum absolute atomic E-state index is 0.0333. The van der Waals surface area contributed by atoms with Gasteiger partial charge < -0.3 is 15.1 Å². The third-order valence-corrected chi connectivity index (χ3v) is 7.25. The average molecular weight is 429 g/mol. The smallest absolute Gasteiger partial charge is 0.254 e. The Morgan fingerprint density at radius 1 is 0.900 bits per heavy atom. The lowest BCUT2D eigenvalue weighted by atomic mass is 10.1. The van der Waals surface area contributed by atoms with Crippen LogP contribution in [0, 0.1) is 0 Å². The summed E-state index contributed by atoms with van der Waals surface area (Å²) in [7, 11) is -3.83. The quantitative estimate of drug-likeness (QED) is 0.777. The first kappa shape index (κ1) is 20.4. The highest BCUT2D eigenvalue weighted by molar-refractivity contribution is 7.89. The largest absolute Gasteiger partial charge is 0.368 e. The number of carbonyl (C=O) groups is 2. The van der Waals surface area contributed by atoms with Gasteiger partial charge in [-0.25, -0.2) is 8.42 Å². The van der Waals surface area contributed by atoms with E-state index in [1.165, 1.54) is 12.1 Å². The molecule has 4 rings (SSSR count). The van der Waals surface area contributed by atoms with E-state index in [2.05, 4.69) is 10.2 Å². The van der Waals surface area contributed by atoms with Crippen molar-refractivity contribution >= 4 is 27.5 Å². The number of para-hydroxylation sites is 1. The Morgan fingerprint density at radius 2 is 1.63 bits per heavy atom. The Labute approximate surface area is 176 Å². The highest BCUT2D eigenvalue weighted by Crippen LogP contribution is 2.20. The number of hydrogen-bond donors (Lipinski definition) is 1. The van der Waals surface area contributed by atoms with Crippen molar-refractivity contribution in [1.82, 2.24) is 14.5 Å². The zero-order valence-corrected chi connectivity index (χ0v) is 17.3. The monoisotopic (exact) mass is 428 g/mol. The lowest BCUT2D eigenvalue weighted by molar-refractivity contribution is -0.122. The summed E-state index contributed by atoms with van der Waals surface area (Å²) in [5, 5.41) is 2.61. The van der Waals surface area contributed by atoms with E-state index in [1.54, 1.807) is 17.0 Å². The van der Waals surface area contributed by atoms with Gasteiger partial charge in [0.25, 0.3) is 5.91 Å². The van der Waals surface area contributed by atoms with Crippen molar-refractivity contribution < 1.29 is 18.0 Å². The number of anilines is 1. The number of rotatable bonds is 4. The second-order valence-corrected chi connectivity index (χ2v) is 9.27. The average Bonchev–Trinajstić information content (AvgIpc) is 2.79. The van der Waals surface area contributed by atoms with E-state index in [1.807, 2.05) is 30.3 Å². The Morgan fingerprint density at radius 3 is 2.33 bits per heavy atom. The standard InChI is InChI=1S/C21H24N4O4S/c26-20-16-25(10-9-22-20)30(28,29)19-8-4-5-17(15-19)21(27)24-13-11-23(12-14-24)18-6-2-1-3-7-18/h1-8,15H,9-14,16H2,(H,22,26). The van der Waals surface area contributed by atoms with E-state index in [0.717, 1.165) is 23.1 Å². The number of amides is 2. The summed E-state index contributed by atoms with van der Waals surface area (Å²) in [5.74, 6) is -0.510. The normalized spacial score (nSPS) is 18.2. The Kier molecular flexibility index (Phi) is 5.74. The number of piperazine rings is 2. The highest BCUT2D eigenvalue weighted by atomic mass is 32.2. The van der Waals surface area contributed by atoms with Crippen LogP contribution in [-0.4, -0.2) is 75.3 Å². The molecule has 0 bridgehead atoms. The lowest BCUT2D eigenvalue weighted by Crippen LogP contribution is -2.50. The van der Waals surface area contributed by atoms with Crippen molar-refractivity contribution in [3.05, 3.63) is 60.2 Å². The summed E-state index contributed by atoms with van der Waals surface area (Å²) >= 11 is 0. The molecule has 0 aliphatic carbocycles. The van der Waals surface area contributed by atoms with Gasteiger partial charge >= 0.3 is 0 Å². The molecule has 8 nitrogen and oxygen atoms in total. The van der Waals surface area contributed by atoms with E-state index >= 15 is 0 Å². The predicted octanol–water partition coefficient (Wildman–Crippen LogP) is 0.769. The number of carbonyl (C=O) groups excluding carboxylic acids is 2. The molecule has 2 heterocycles. The van der Waals surface area contributed by atoms with Crippen LogP contribution in [0.1, 0.15) is 10.4 Å². The summed E-state index contributed by atoms with van der Waals surface area (Å²) in [6, 6.07) is 16.1. The van der Waals surface area contributed by atoms with Crippen molar-refractivity contribution in [3.8, 4) is 0 Å². The van der Waals surface area contributed by atoms with Crippen molar-refractivity contribution in [2.75, 3.05) is 50.7 Å². The first-order chi connectivity index (χ1) is 14.4. The molecule has 2 aliphatic rings.